The van der Waals surface area contributed by atoms with Gasteiger partial charge in [0.25, 0.3) is 5.91 Å². The lowest BCUT2D eigenvalue weighted by Crippen LogP contribution is -3.19. The van der Waals surface area contributed by atoms with E-state index in [0.29, 0.717) is 43.7 Å². The fourth-order valence-corrected chi connectivity index (χ4v) is 4.92. The second kappa shape index (κ2) is 8.04. The molecule has 9 heteroatoms. The van der Waals surface area contributed by atoms with Crippen molar-refractivity contribution in [3.63, 3.8) is 0 Å². The van der Waals surface area contributed by atoms with E-state index in [4.69, 9.17) is 9.47 Å². The van der Waals surface area contributed by atoms with Crippen LogP contribution in [0.4, 0.5) is 0 Å². The Balaban J connectivity index is 1.68. The molecule has 0 spiro atoms. The number of carbonyl (C=O) groups is 1. The van der Waals surface area contributed by atoms with E-state index < -0.39 is 10.0 Å². The van der Waals surface area contributed by atoms with Crippen LogP contribution in [0.2, 0.25) is 0 Å². The molecule has 1 saturated carbocycles. The quantitative estimate of drug-likeness (QED) is 0.632. The Hall–Kier alpha value is -1.84. The Morgan fingerprint density at radius 2 is 1.89 bits per heavy atom. The third-order valence-electron chi connectivity index (χ3n) is 5.28. The lowest BCUT2D eigenvalue weighted by molar-refractivity contribution is -0.917. The maximum Gasteiger partial charge on any atom is 0.278 e. The molecule has 1 aromatic rings. The standard InChI is InChI=1S/C18H27N3O5S/c1-13(18(22)19-14-4-5-14)20-8-10-21(11-9-20)27(23,24)17-12-15(25-2)6-7-16(17)26-3/h6-7,12-14H,4-5,8-11H2,1-3H3,(H,19,22)/p+1/t13-/m0/s1. The largest absolute Gasteiger partial charge is 0.497 e. The van der Waals surface area contributed by atoms with E-state index in [2.05, 4.69) is 5.32 Å². The van der Waals surface area contributed by atoms with Crippen LogP contribution in [-0.4, -0.2) is 71.1 Å². The van der Waals surface area contributed by atoms with Gasteiger partial charge in [0.15, 0.2) is 6.04 Å². The Kier molecular flexibility index (Phi) is 5.92. The van der Waals surface area contributed by atoms with Crippen LogP contribution in [0.1, 0.15) is 19.8 Å². The van der Waals surface area contributed by atoms with Gasteiger partial charge in [0.2, 0.25) is 10.0 Å². The first-order valence-electron chi connectivity index (χ1n) is 9.24. The van der Waals surface area contributed by atoms with Gasteiger partial charge in [-0.3, -0.25) is 4.79 Å². The molecule has 27 heavy (non-hydrogen) atoms. The first-order valence-corrected chi connectivity index (χ1v) is 10.7. The summed E-state index contributed by atoms with van der Waals surface area (Å²) in [6.45, 7) is 3.80. The molecule has 0 radical (unpaired) electrons. The summed E-state index contributed by atoms with van der Waals surface area (Å²) in [6.07, 6.45) is 2.12. The molecule has 1 atom stereocenters. The number of methoxy groups -OCH3 is 2. The zero-order chi connectivity index (χ0) is 19.6. The maximum absolute atomic E-state index is 13.1. The van der Waals surface area contributed by atoms with Crippen molar-refractivity contribution >= 4 is 15.9 Å². The smallest absolute Gasteiger partial charge is 0.278 e. The van der Waals surface area contributed by atoms with E-state index in [1.165, 1.54) is 24.6 Å². The number of nitrogens with zero attached hydrogens (tertiary/aromatic N) is 1. The van der Waals surface area contributed by atoms with Gasteiger partial charge in [-0.25, -0.2) is 8.42 Å². The molecule has 0 aromatic heterocycles. The molecule has 1 heterocycles. The predicted octanol–water partition coefficient (Wildman–Crippen LogP) is -0.740. The maximum atomic E-state index is 13.1. The highest BCUT2D eigenvalue weighted by molar-refractivity contribution is 7.89. The van der Waals surface area contributed by atoms with Gasteiger partial charge >= 0.3 is 0 Å². The van der Waals surface area contributed by atoms with Crippen LogP contribution in [0.3, 0.4) is 0 Å². The molecule has 150 valence electrons. The van der Waals surface area contributed by atoms with Gasteiger partial charge in [0.1, 0.15) is 16.4 Å². The molecule has 1 aromatic carbocycles. The number of ether oxygens (including phenoxy) is 2. The van der Waals surface area contributed by atoms with Gasteiger partial charge in [0, 0.05) is 12.1 Å². The number of amides is 1. The van der Waals surface area contributed by atoms with Gasteiger partial charge in [-0.2, -0.15) is 4.31 Å². The van der Waals surface area contributed by atoms with Crippen molar-refractivity contribution in [2.24, 2.45) is 0 Å². The number of benzene rings is 1. The van der Waals surface area contributed by atoms with Crippen LogP contribution in [0.5, 0.6) is 11.5 Å². The van der Waals surface area contributed by atoms with Gasteiger partial charge in [-0.1, -0.05) is 0 Å². The number of quaternary nitrogens is 1. The average Bonchev–Trinajstić information content (AvgIpc) is 3.50. The number of rotatable bonds is 7. The molecule has 0 unspecified atom stereocenters. The third-order valence-corrected chi connectivity index (χ3v) is 7.20. The number of carbonyl (C=O) groups excluding carboxylic acids is 1. The number of hydrogen-bond acceptors (Lipinski definition) is 5. The Morgan fingerprint density at radius 1 is 1.22 bits per heavy atom. The van der Waals surface area contributed by atoms with Crippen LogP contribution in [0, 0.1) is 0 Å². The molecule has 2 N–H and O–H groups in total. The van der Waals surface area contributed by atoms with Crippen molar-refractivity contribution in [2.45, 2.75) is 36.7 Å². The minimum absolute atomic E-state index is 0.0540. The van der Waals surface area contributed by atoms with E-state index in [-0.39, 0.29) is 16.8 Å². The number of piperazine rings is 1. The van der Waals surface area contributed by atoms with Crippen molar-refractivity contribution in [1.82, 2.24) is 9.62 Å². The molecule has 2 aliphatic rings. The lowest BCUT2D eigenvalue weighted by atomic mass is 10.2. The number of sulfonamides is 1. The molecule has 1 aliphatic heterocycles. The fourth-order valence-electron chi connectivity index (χ4n) is 3.31. The Morgan fingerprint density at radius 3 is 2.44 bits per heavy atom. The van der Waals surface area contributed by atoms with E-state index in [0.717, 1.165) is 17.7 Å². The summed E-state index contributed by atoms with van der Waals surface area (Å²) in [4.78, 5) is 13.5. The number of nitrogens with one attached hydrogen (secondary N) is 2. The van der Waals surface area contributed by atoms with E-state index in [9.17, 15) is 13.2 Å². The highest BCUT2D eigenvalue weighted by Crippen LogP contribution is 2.30. The fraction of sp³-hybridized carbons (Fsp3) is 0.611. The summed E-state index contributed by atoms with van der Waals surface area (Å²) in [5, 5.41) is 3.02. The normalized spacial score (nSPS) is 20.1. The second-order valence-corrected chi connectivity index (χ2v) is 8.99. The van der Waals surface area contributed by atoms with Crippen molar-refractivity contribution in [1.29, 1.82) is 0 Å². The highest BCUT2D eigenvalue weighted by atomic mass is 32.2. The topological polar surface area (TPSA) is 89.4 Å². The molecular formula is C18H28N3O5S+. The summed E-state index contributed by atoms with van der Waals surface area (Å²) in [7, 11) is -0.759. The van der Waals surface area contributed by atoms with Crippen LogP contribution < -0.4 is 19.7 Å². The molecule has 2 fully saturated rings. The lowest BCUT2D eigenvalue weighted by Gasteiger charge is -2.34. The first-order chi connectivity index (χ1) is 12.9. The summed E-state index contributed by atoms with van der Waals surface area (Å²) in [5.74, 6) is 0.810. The van der Waals surface area contributed by atoms with Gasteiger partial charge in [-0.05, 0) is 31.9 Å². The van der Waals surface area contributed by atoms with Crippen LogP contribution in [0.15, 0.2) is 23.1 Å². The third kappa shape index (κ3) is 4.36. The van der Waals surface area contributed by atoms with Crippen molar-refractivity contribution in [2.75, 3.05) is 40.4 Å². The van der Waals surface area contributed by atoms with Crippen molar-refractivity contribution < 1.29 is 27.6 Å². The molecule has 8 nitrogen and oxygen atoms in total. The van der Waals surface area contributed by atoms with Gasteiger partial charge in [0.05, 0.1) is 40.4 Å². The second-order valence-electron chi connectivity index (χ2n) is 7.08. The highest BCUT2D eigenvalue weighted by Gasteiger charge is 2.37. The van der Waals surface area contributed by atoms with Crippen molar-refractivity contribution in [3.8, 4) is 11.5 Å². The zero-order valence-corrected chi connectivity index (χ0v) is 16.8. The van der Waals surface area contributed by atoms with Gasteiger partial charge < -0.3 is 19.7 Å². The average molecular weight is 399 g/mol. The monoisotopic (exact) mass is 398 g/mol. The molecule has 1 amide bonds. The minimum Gasteiger partial charge on any atom is -0.497 e. The first kappa shape index (κ1) is 19.9. The van der Waals surface area contributed by atoms with Crippen LogP contribution in [0.25, 0.3) is 0 Å². The number of hydrogen-bond donors (Lipinski definition) is 2. The summed E-state index contributed by atoms with van der Waals surface area (Å²) >= 11 is 0. The Bertz CT molecular complexity index is 786. The predicted molar refractivity (Wildman–Crippen MR) is 99.6 cm³/mol. The molecule has 3 rings (SSSR count). The molecule has 1 saturated heterocycles. The summed E-state index contributed by atoms with van der Waals surface area (Å²) in [6, 6.07) is 4.90. The zero-order valence-electron chi connectivity index (χ0n) is 16.0. The Labute approximate surface area is 160 Å². The van der Waals surface area contributed by atoms with Gasteiger partial charge in [-0.15, -0.1) is 0 Å². The van der Waals surface area contributed by atoms with Crippen molar-refractivity contribution in [3.05, 3.63) is 18.2 Å². The molecule has 1 aliphatic carbocycles. The minimum atomic E-state index is -3.70. The van der Waals surface area contributed by atoms with Crippen LogP contribution >= 0.6 is 0 Å². The SMILES string of the molecule is COc1ccc(OC)c(S(=O)(=O)N2CC[NH+]([C@@H](C)C(=O)NC3CC3)CC2)c1. The van der Waals surface area contributed by atoms with E-state index >= 15 is 0 Å². The summed E-state index contributed by atoms with van der Waals surface area (Å²) in [5.41, 5.74) is 0. The summed E-state index contributed by atoms with van der Waals surface area (Å²) < 4.78 is 38.1. The van der Waals surface area contributed by atoms with Crippen LogP contribution in [-0.2, 0) is 14.8 Å². The molecule has 0 bridgehead atoms. The van der Waals surface area contributed by atoms with E-state index in [1.807, 2.05) is 6.92 Å². The van der Waals surface area contributed by atoms with E-state index in [1.54, 1.807) is 12.1 Å². The molecular weight excluding hydrogens is 370 g/mol.